The van der Waals surface area contributed by atoms with Gasteiger partial charge in [-0.15, -0.1) is 0 Å². The van der Waals surface area contributed by atoms with Crippen LogP contribution in [0, 0.1) is 5.41 Å². The van der Waals surface area contributed by atoms with E-state index in [1.54, 1.807) is 0 Å². The van der Waals surface area contributed by atoms with Crippen LogP contribution in [0.1, 0.15) is 11.1 Å². The first-order valence-electron chi connectivity index (χ1n) is 8.77. The van der Waals surface area contributed by atoms with E-state index in [4.69, 9.17) is 10.1 Å². The molecule has 2 N–H and O–H groups in total. The van der Waals surface area contributed by atoms with E-state index in [-0.39, 0.29) is 0 Å². The number of hydrogen-bond donors (Lipinski definition) is 2. The molecule has 1 aliphatic heterocycles. The van der Waals surface area contributed by atoms with Gasteiger partial charge >= 0.3 is 0 Å². The Hall–Kier alpha value is -3.27. The van der Waals surface area contributed by atoms with Crippen LogP contribution in [0.3, 0.4) is 0 Å². The van der Waals surface area contributed by atoms with E-state index in [1.165, 1.54) is 5.56 Å². The minimum Gasteiger partial charge on any atom is -0.489 e. The van der Waals surface area contributed by atoms with Gasteiger partial charge in [0.15, 0.2) is 5.96 Å². The number of anilines is 2. The number of benzene rings is 3. The molecule has 1 heterocycles. The maximum atomic E-state index is 8.38. The van der Waals surface area contributed by atoms with Gasteiger partial charge in [0, 0.05) is 17.9 Å². The molecule has 0 fully saturated rings. The normalized spacial score (nSPS) is 12.5. The van der Waals surface area contributed by atoms with Crippen molar-refractivity contribution in [2.45, 2.75) is 13.0 Å². The largest absolute Gasteiger partial charge is 0.489 e. The number of ether oxygens (including phenoxy) is 1. The molecule has 4 heteroatoms. The Labute approximate surface area is 153 Å². The number of hydrogen-bond acceptors (Lipinski definition) is 2. The summed E-state index contributed by atoms with van der Waals surface area (Å²) in [4.78, 5) is 2.01. The van der Waals surface area contributed by atoms with Crippen LogP contribution in [0.15, 0.2) is 78.9 Å². The molecule has 26 heavy (non-hydrogen) atoms. The van der Waals surface area contributed by atoms with E-state index in [9.17, 15) is 0 Å². The third-order valence-electron chi connectivity index (χ3n) is 4.52. The number of guanidine groups is 1. The molecule has 0 aromatic heterocycles. The predicted molar refractivity (Wildman–Crippen MR) is 106 cm³/mol. The summed E-state index contributed by atoms with van der Waals surface area (Å²) in [6.07, 6.45) is 0.979. The summed E-state index contributed by atoms with van der Waals surface area (Å²) in [6.45, 7) is 1.39. The van der Waals surface area contributed by atoms with Gasteiger partial charge in [-0.2, -0.15) is 0 Å². The van der Waals surface area contributed by atoms with Crippen molar-refractivity contribution in [3.05, 3.63) is 90.0 Å². The summed E-state index contributed by atoms with van der Waals surface area (Å²) in [5.41, 5.74) is 4.44. The molecule has 1 aliphatic rings. The first-order chi connectivity index (χ1) is 12.8. The van der Waals surface area contributed by atoms with E-state index in [0.717, 1.165) is 35.7 Å². The molecule has 0 unspecified atom stereocenters. The van der Waals surface area contributed by atoms with Gasteiger partial charge in [-0.05, 0) is 47.9 Å². The average Bonchev–Trinajstić information content (AvgIpc) is 3.12. The molecule has 130 valence electrons. The fraction of sp³-hybridized carbons (Fsp3) is 0.136. The van der Waals surface area contributed by atoms with Gasteiger partial charge in [0.25, 0.3) is 0 Å². The van der Waals surface area contributed by atoms with Crippen LogP contribution in [-0.2, 0) is 13.0 Å². The minimum atomic E-state index is 0.396. The Kier molecular flexibility index (Phi) is 4.56. The van der Waals surface area contributed by atoms with Crippen LogP contribution in [0.5, 0.6) is 5.75 Å². The quantitative estimate of drug-likeness (QED) is 0.534. The standard InChI is InChI=1S/C22H21N3O/c23-22(25-15-14-18-8-4-5-9-21(18)25)24-19-10-12-20(13-11-19)26-16-17-6-2-1-3-7-17/h1-13H,14-16H2,(H2,23,24). The second-order valence-corrected chi connectivity index (χ2v) is 6.30. The van der Waals surface area contributed by atoms with Crippen molar-refractivity contribution in [1.82, 2.24) is 0 Å². The van der Waals surface area contributed by atoms with E-state index in [0.29, 0.717) is 12.6 Å². The van der Waals surface area contributed by atoms with Crippen LogP contribution in [-0.4, -0.2) is 12.5 Å². The first kappa shape index (κ1) is 16.2. The Morgan fingerprint density at radius 3 is 2.46 bits per heavy atom. The van der Waals surface area contributed by atoms with Crippen molar-refractivity contribution in [1.29, 1.82) is 5.41 Å². The van der Waals surface area contributed by atoms with Crippen molar-refractivity contribution in [2.24, 2.45) is 0 Å². The summed E-state index contributed by atoms with van der Waals surface area (Å²) in [7, 11) is 0. The molecule has 0 amide bonds. The Morgan fingerprint density at radius 2 is 1.65 bits per heavy atom. The molecule has 0 radical (unpaired) electrons. The van der Waals surface area contributed by atoms with Crippen LogP contribution < -0.4 is 15.0 Å². The number of para-hydroxylation sites is 1. The Bertz CT molecular complexity index is 891. The zero-order chi connectivity index (χ0) is 17.8. The predicted octanol–water partition coefficient (Wildman–Crippen LogP) is 4.67. The highest BCUT2D eigenvalue weighted by molar-refractivity contribution is 6.04. The second kappa shape index (κ2) is 7.31. The molecule has 4 nitrogen and oxygen atoms in total. The maximum Gasteiger partial charge on any atom is 0.200 e. The van der Waals surface area contributed by atoms with Gasteiger partial charge < -0.3 is 15.0 Å². The number of fused-ring (bicyclic) bond motifs is 1. The number of rotatable bonds is 4. The molecular formula is C22H21N3O. The van der Waals surface area contributed by atoms with Crippen molar-refractivity contribution in [3.8, 4) is 5.75 Å². The fourth-order valence-electron chi connectivity index (χ4n) is 3.15. The van der Waals surface area contributed by atoms with Gasteiger partial charge in [-0.1, -0.05) is 48.5 Å². The zero-order valence-electron chi connectivity index (χ0n) is 14.5. The number of nitrogens with zero attached hydrogens (tertiary/aromatic N) is 1. The molecule has 0 aliphatic carbocycles. The highest BCUT2D eigenvalue weighted by atomic mass is 16.5. The Morgan fingerprint density at radius 1 is 0.923 bits per heavy atom. The summed E-state index contributed by atoms with van der Waals surface area (Å²) in [5, 5.41) is 11.6. The third-order valence-corrected chi connectivity index (χ3v) is 4.52. The lowest BCUT2D eigenvalue weighted by atomic mass is 10.2. The summed E-state index contributed by atoms with van der Waals surface area (Å²) in [6, 6.07) is 26.1. The third kappa shape index (κ3) is 3.54. The highest BCUT2D eigenvalue weighted by Crippen LogP contribution is 2.28. The van der Waals surface area contributed by atoms with Crippen molar-refractivity contribution in [3.63, 3.8) is 0 Å². The highest BCUT2D eigenvalue weighted by Gasteiger charge is 2.21. The van der Waals surface area contributed by atoms with E-state index >= 15 is 0 Å². The molecule has 3 aromatic rings. The van der Waals surface area contributed by atoms with Crippen molar-refractivity contribution >= 4 is 17.3 Å². The topological polar surface area (TPSA) is 48.4 Å². The van der Waals surface area contributed by atoms with E-state index in [1.807, 2.05) is 71.6 Å². The molecule has 4 rings (SSSR count). The van der Waals surface area contributed by atoms with Crippen molar-refractivity contribution in [2.75, 3.05) is 16.8 Å². The first-order valence-corrected chi connectivity index (χ1v) is 8.77. The Balaban J connectivity index is 1.36. The average molecular weight is 343 g/mol. The van der Waals surface area contributed by atoms with Crippen LogP contribution >= 0.6 is 0 Å². The molecular weight excluding hydrogens is 322 g/mol. The van der Waals surface area contributed by atoms with Crippen molar-refractivity contribution < 1.29 is 4.74 Å². The minimum absolute atomic E-state index is 0.396. The second-order valence-electron chi connectivity index (χ2n) is 6.30. The smallest absolute Gasteiger partial charge is 0.200 e. The number of nitrogens with one attached hydrogen (secondary N) is 2. The summed E-state index contributed by atoms with van der Waals surface area (Å²) in [5.74, 6) is 1.21. The van der Waals surface area contributed by atoms with Crippen LogP contribution in [0.2, 0.25) is 0 Å². The van der Waals surface area contributed by atoms with Crippen LogP contribution in [0.4, 0.5) is 11.4 Å². The SMILES string of the molecule is N=C(Nc1ccc(OCc2ccccc2)cc1)N1CCc2ccccc21. The lowest BCUT2D eigenvalue weighted by Crippen LogP contribution is -2.34. The lowest BCUT2D eigenvalue weighted by Gasteiger charge is -2.21. The van der Waals surface area contributed by atoms with Gasteiger partial charge in [0.2, 0.25) is 0 Å². The fourth-order valence-corrected chi connectivity index (χ4v) is 3.15. The maximum absolute atomic E-state index is 8.38. The molecule has 0 saturated carbocycles. The van der Waals surface area contributed by atoms with Crippen LogP contribution in [0.25, 0.3) is 0 Å². The zero-order valence-corrected chi connectivity index (χ0v) is 14.5. The molecule has 0 saturated heterocycles. The monoisotopic (exact) mass is 343 g/mol. The summed E-state index contributed by atoms with van der Waals surface area (Å²) < 4.78 is 5.81. The summed E-state index contributed by atoms with van der Waals surface area (Å²) >= 11 is 0. The van der Waals surface area contributed by atoms with Gasteiger partial charge in [-0.25, -0.2) is 0 Å². The van der Waals surface area contributed by atoms with E-state index < -0.39 is 0 Å². The van der Waals surface area contributed by atoms with E-state index in [2.05, 4.69) is 17.4 Å². The van der Waals surface area contributed by atoms with Gasteiger partial charge in [0.1, 0.15) is 12.4 Å². The molecule has 3 aromatic carbocycles. The molecule has 0 atom stereocenters. The molecule has 0 spiro atoms. The lowest BCUT2D eigenvalue weighted by molar-refractivity contribution is 0.306. The van der Waals surface area contributed by atoms with Gasteiger partial charge in [-0.3, -0.25) is 5.41 Å². The van der Waals surface area contributed by atoms with Gasteiger partial charge in [0.05, 0.1) is 0 Å². The molecule has 0 bridgehead atoms.